The van der Waals surface area contributed by atoms with Crippen molar-refractivity contribution in [2.24, 2.45) is 0 Å². The van der Waals surface area contributed by atoms with Crippen molar-refractivity contribution in [2.75, 3.05) is 11.2 Å². The first-order valence-corrected chi connectivity index (χ1v) is 4.10. The summed E-state index contributed by atoms with van der Waals surface area (Å²) < 4.78 is 10.1. The second-order valence-corrected chi connectivity index (χ2v) is 1.89. The van der Waals surface area contributed by atoms with Crippen LogP contribution in [0.4, 0.5) is 0 Å². The van der Waals surface area contributed by atoms with Gasteiger partial charge in [-0.25, -0.2) is 0 Å². The van der Waals surface area contributed by atoms with Crippen LogP contribution in [0.2, 0.25) is 0 Å². The molecule has 48 valence electrons. The molecule has 0 heterocycles. The zero-order chi connectivity index (χ0) is 6.41. The van der Waals surface area contributed by atoms with Crippen molar-refractivity contribution in [3.05, 3.63) is 0 Å². The highest BCUT2D eigenvalue weighted by Gasteiger charge is 1.90. The molecule has 0 rings (SSSR count). The van der Waals surface area contributed by atoms with Gasteiger partial charge in [-0.15, -0.1) is 0 Å². The minimum Gasteiger partial charge on any atom is -0.457 e. The molecule has 0 aliphatic carbocycles. The van der Waals surface area contributed by atoms with Crippen LogP contribution in [0.15, 0.2) is 0 Å². The fourth-order valence-corrected chi connectivity index (χ4v) is 0.875. The van der Waals surface area contributed by atoms with Crippen LogP contribution in [0.5, 0.6) is 0 Å². The van der Waals surface area contributed by atoms with Gasteiger partial charge in [0.25, 0.3) is 0 Å². The molecule has 0 aliphatic rings. The molecule has 0 unspecified atom stereocenters. The molecule has 8 heavy (non-hydrogen) atoms. The molecule has 0 bridgehead atoms. The normalized spacial score (nSPS) is 8.25. The maximum absolute atomic E-state index is 4.79. The molecule has 0 spiro atoms. The highest BCUT2D eigenvalue weighted by molar-refractivity contribution is 14.1. The van der Waals surface area contributed by atoms with Crippen LogP contribution in [-0.2, 0) is 9.47 Å². The Bertz CT molecular complexity index is 68.4. The molecule has 2 nitrogen and oxygen atoms in total. The van der Waals surface area contributed by atoms with Crippen LogP contribution in [0.25, 0.3) is 0 Å². The Balaban J connectivity index is 3.06. The summed E-state index contributed by atoms with van der Waals surface area (Å²) in [6.07, 6.45) is 0. The van der Waals surface area contributed by atoms with E-state index >= 15 is 0 Å². The van der Waals surface area contributed by atoms with Crippen molar-refractivity contribution in [1.82, 2.24) is 0 Å². The first-order valence-electron chi connectivity index (χ1n) is 2.16. The SMILES string of the molecule is CCOC(=S)OCI. The molecular weight excluding hydrogens is 239 g/mol. The summed E-state index contributed by atoms with van der Waals surface area (Å²) >= 11 is 6.66. The first kappa shape index (κ1) is 8.42. The number of ether oxygens (including phenoxy) is 2. The van der Waals surface area contributed by atoms with Crippen molar-refractivity contribution in [1.29, 1.82) is 0 Å². The van der Waals surface area contributed by atoms with Gasteiger partial charge in [0.15, 0.2) is 0 Å². The molecule has 0 amide bonds. The largest absolute Gasteiger partial charge is 0.457 e. The maximum atomic E-state index is 4.79. The van der Waals surface area contributed by atoms with Gasteiger partial charge in [-0.2, -0.15) is 0 Å². The number of rotatable bonds is 2. The second kappa shape index (κ2) is 5.55. The van der Waals surface area contributed by atoms with Crippen molar-refractivity contribution in [3.63, 3.8) is 0 Å². The van der Waals surface area contributed by atoms with Gasteiger partial charge in [0.1, 0.15) is 4.61 Å². The summed E-state index contributed by atoms with van der Waals surface area (Å²) in [7, 11) is 0. The minimum atomic E-state index is 0.238. The van der Waals surface area contributed by atoms with Crippen LogP contribution in [0.3, 0.4) is 0 Å². The van der Waals surface area contributed by atoms with E-state index in [-0.39, 0.29) is 5.24 Å². The molecule has 0 radical (unpaired) electrons. The maximum Gasteiger partial charge on any atom is 0.353 e. The second-order valence-electron chi connectivity index (χ2n) is 0.936. The standard InChI is InChI=1S/C4H7IO2S/c1-2-6-4(8)7-3-5/h2-3H2,1H3. The molecule has 0 aromatic heterocycles. The van der Waals surface area contributed by atoms with Gasteiger partial charge in [-0.1, -0.05) is 0 Å². The Morgan fingerprint density at radius 3 is 2.62 bits per heavy atom. The van der Waals surface area contributed by atoms with Crippen molar-refractivity contribution >= 4 is 40.0 Å². The smallest absolute Gasteiger partial charge is 0.353 e. The fourth-order valence-electron chi connectivity index (χ4n) is 0.204. The lowest BCUT2D eigenvalue weighted by molar-refractivity contribution is 0.218. The Kier molecular flexibility index (Phi) is 5.85. The van der Waals surface area contributed by atoms with E-state index in [2.05, 4.69) is 34.8 Å². The number of alkyl halides is 1. The predicted molar refractivity (Wildman–Crippen MR) is 44.2 cm³/mol. The first-order chi connectivity index (χ1) is 3.81. The highest BCUT2D eigenvalue weighted by Crippen LogP contribution is 1.89. The van der Waals surface area contributed by atoms with Gasteiger partial charge in [-0.3, -0.25) is 0 Å². The molecule has 0 atom stereocenters. The summed E-state index contributed by atoms with van der Waals surface area (Å²) in [5.74, 6) is 0. The molecule has 0 aromatic rings. The van der Waals surface area contributed by atoms with Crippen LogP contribution in [0.1, 0.15) is 6.92 Å². The third-order valence-corrected chi connectivity index (χ3v) is 0.982. The minimum absolute atomic E-state index is 0.238. The van der Waals surface area contributed by atoms with E-state index in [0.717, 1.165) is 0 Å². The molecular formula is C4H7IO2S. The summed E-state index contributed by atoms with van der Waals surface area (Å²) in [4.78, 5) is 0. The number of halogens is 1. The van der Waals surface area contributed by atoms with Gasteiger partial charge in [-0.05, 0) is 29.5 Å². The van der Waals surface area contributed by atoms with Crippen LogP contribution >= 0.6 is 34.8 Å². The van der Waals surface area contributed by atoms with E-state index in [4.69, 9.17) is 9.47 Å². The van der Waals surface area contributed by atoms with Crippen LogP contribution in [0, 0.1) is 0 Å². The van der Waals surface area contributed by atoms with Crippen molar-refractivity contribution < 1.29 is 9.47 Å². The Labute approximate surface area is 67.7 Å². The van der Waals surface area contributed by atoms with E-state index in [9.17, 15) is 0 Å². The molecule has 0 saturated carbocycles. The van der Waals surface area contributed by atoms with Gasteiger partial charge in [0, 0.05) is 12.2 Å². The number of hydrogen-bond donors (Lipinski definition) is 0. The van der Waals surface area contributed by atoms with Crippen LogP contribution < -0.4 is 0 Å². The van der Waals surface area contributed by atoms with Gasteiger partial charge >= 0.3 is 5.24 Å². The Morgan fingerprint density at radius 2 is 2.25 bits per heavy atom. The van der Waals surface area contributed by atoms with E-state index in [1.807, 2.05) is 6.92 Å². The average Bonchev–Trinajstić information content (AvgIpc) is 1.68. The molecule has 0 aliphatic heterocycles. The third kappa shape index (κ3) is 4.58. The third-order valence-electron chi connectivity index (χ3n) is 0.435. The number of hydrogen-bond acceptors (Lipinski definition) is 3. The fraction of sp³-hybridized carbons (Fsp3) is 0.750. The van der Waals surface area contributed by atoms with E-state index in [0.29, 0.717) is 11.2 Å². The lowest BCUT2D eigenvalue weighted by Crippen LogP contribution is -2.04. The average molecular weight is 246 g/mol. The topological polar surface area (TPSA) is 18.5 Å². The lowest BCUT2D eigenvalue weighted by atomic mass is 10.9. The molecule has 0 saturated heterocycles. The predicted octanol–water partition coefficient (Wildman–Crippen LogP) is 1.72. The highest BCUT2D eigenvalue weighted by atomic mass is 127. The molecule has 0 fully saturated rings. The summed E-state index contributed by atoms with van der Waals surface area (Å²) in [6.45, 7) is 2.44. The summed E-state index contributed by atoms with van der Waals surface area (Å²) in [5, 5.41) is 0.238. The van der Waals surface area contributed by atoms with Gasteiger partial charge < -0.3 is 9.47 Å². The Morgan fingerprint density at radius 1 is 1.62 bits per heavy atom. The molecule has 0 aromatic carbocycles. The van der Waals surface area contributed by atoms with Crippen molar-refractivity contribution in [2.45, 2.75) is 6.92 Å². The molecule has 0 N–H and O–H groups in total. The lowest BCUT2D eigenvalue weighted by Gasteiger charge is -2.01. The van der Waals surface area contributed by atoms with Crippen molar-refractivity contribution in [3.8, 4) is 0 Å². The monoisotopic (exact) mass is 246 g/mol. The summed E-state index contributed by atoms with van der Waals surface area (Å²) in [6, 6.07) is 0. The quantitative estimate of drug-likeness (QED) is 0.420. The van der Waals surface area contributed by atoms with E-state index < -0.39 is 0 Å². The number of thiocarbonyl (C=S) groups is 1. The summed E-state index contributed by atoms with van der Waals surface area (Å²) in [5.41, 5.74) is 0. The van der Waals surface area contributed by atoms with Gasteiger partial charge in [0.05, 0.1) is 6.61 Å². The van der Waals surface area contributed by atoms with E-state index in [1.54, 1.807) is 0 Å². The zero-order valence-electron chi connectivity index (χ0n) is 4.52. The Hall–Kier alpha value is 0.420. The van der Waals surface area contributed by atoms with Gasteiger partial charge in [0.2, 0.25) is 0 Å². The van der Waals surface area contributed by atoms with E-state index in [1.165, 1.54) is 0 Å². The zero-order valence-corrected chi connectivity index (χ0v) is 7.49. The van der Waals surface area contributed by atoms with Crippen LogP contribution in [-0.4, -0.2) is 16.5 Å². The molecule has 4 heteroatoms.